The zero-order chi connectivity index (χ0) is 19.0. The maximum Gasteiger partial charge on any atom is 0.352 e. The second-order valence-electron chi connectivity index (χ2n) is 6.91. The van der Waals surface area contributed by atoms with Crippen molar-refractivity contribution < 1.29 is 24.6 Å². The van der Waals surface area contributed by atoms with Gasteiger partial charge in [0.25, 0.3) is 0 Å². The zero-order valence-electron chi connectivity index (χ0n) is 15.0. The van der Waals surface area contributed by atoms with E-state index in [0.717, 1.165) is 25.0 Å². The Morgan fingerprint density at radius 1 is 1.28 bits per heavy atom. The second kappa shape index (κ2) is 9.82. The van der Waals surface area contributed by atoms with Crippen LogP contribution in [0.4, 0.5) is 0 Å². The number of hydrogen-bond acceptors (Lipinski definition) is 5. The van der Waals surface area contributed by atoms with E-state index < -0.39 is 18.0 Å². The molecule has 1 rings (SSSR count). The van der Waals surface area contributed by atoms with Gasteiger partial charge in [0.15, 0.2) is 0 Å². The van der Waals surface area contributed by atoms with E-state index in [1.54, 1.807) is 24.9 Å². The summed E-state index contributed by atoms with van der Waals surface area (Å²) in [5.41, 5.74) is -0.0898. The molecule has 1 aliphatic carbocycles. The standard InChI is InChI=1S/C17H28N2O5S/c1-17(2)9-11(17)14(20)19-12(15(21)22)7-5-4-6-8-25-10-13(18-3)16(23)24/h7,11,13,18H,4-6,8-10H2,1-3H3,(H,19,20)(H,21,22)(H,23,24)/b12-7-/t11-,13?/m1/s1. The van der Waals surface area contributed by atoms with Crippen LogP contribution in [0.2, 0.25) is 0 Å². The molecule has 1 unspecified atom stereocenters. The van der Waals surface area contributed by atoms with Gasteiger partial charge in [0.1, 0.15) is 11.7 Å². The summed E-state index contributed by atoms with van der Waals surface area (Å²) in [6, 6.07) is -0.551. The lowest BCUT2D eigenvalue weighted by molar-refractivity contribution is -0.138. The number of likely N-dealkylation sites (N-methyl/N-ethyl adjacent to an activating group) is 1. The highest BCUT2D eigenvalue weighted by Gasteiger charge is 2.50. The van der Waals surface area contributed by atoms with Crippen LogP contribution in [0.3, 0.4) is 0 Å². The number of amides is 1. The van der Waals surface area contributed by atoms with Crippen molar-refractivity contribution in [1.29, 1.82) is 0 Å². The molecular formula is C17H28N2O5S. The molecule has 8 heteroatoms. The van der Waals surface area contributed by atoms with E-state index in [0.29, 0.717) is 12.2 Å². The van der Waals surface area contributed by atoms with Crippen molar-refractivity contribution in [3.05, 3.63) is 11.8 Å². The van der Waals surface area contributed by atoms with E-state index in [-0.39, 0.29) is 22.9 Å². The summed E-state index contributed by atoms with van der Waals surface area (Å²) in [6.07, 6.45) is 4.53. The van der Waals surface area contributed by atoms with Gasteiger partial charge in [0, 0.05) is 11.7 Å². The van der Waals surface area contributed by atoms with Crippen LogP contribution in [0, 0.1) is 11.3 Å². The molecule has 25 heavy (non-hydrogen) atoms. The molecule has 1 saturated carbocycles. The number of aliphatic carboxylic acids is 2. The van der Waals surface area contributed by atoms with Crippen LogP contribution in [0.1, 0.15) is 39.5 Å². The van der Waals surface area contributed by atoms with Crippen LogP contribution in [0.5, 0.6) is 0 Å². The Hall–Kier alpha value is -1.54. The number of unbranched alkanes of at least 4 members (excludes halogenated alkanes) is 2. The number of nitrogens with one attached hydrogen (secondary N) is 2. The summed E-state index contributed by atoms with van der Waals surface area (Å²) >= 11 is 1.55. The fourth-order valence-corrected chi connectivity index (χ4v) is 3.52. The fraction of sp³-hybridized carbons (Fsp3) is 0.706. The Morgan fingerprint density at radius 2 is 1.92 bits per heavy atom. The number of carboxylic acid groups (broad SMARTS) is 2. The van der Waals surface area contributed by atoms with Gasteiger partial charge in [-0.1, -0.05) is 19.9 Å². The number of allylic oxidation sites excluding steroid dienone is 1. The summed E-state index contributed by atoms with van der Waals surface area (Å²) in [5.74, 6) is -1.01. The Bertz CT molecular complexity index is 533. The Kier molecular flexibility index (Phi) is 8.44. The highest BCUT2D eigenvalue weighted by molar-refractivity contribution is 7.99. The minimum absolute atomic E-state index is 0.0356. The third kappa shape index (κ3) is 7.48. The minimum Gasteiger partial charge on any atom is -0.480 e. The van der Waals surface area contributed by atoms with Gasteiger partial charge >= 0.3 is 11.9 Å². The number of carboxylic acids is 2. The van der Waals surface area contributed by atoms with Crippen LogP contribution in [-0.4, -0.2) is 52.7 Å². The van der Waals surface area contributed by atoms with Gasteiger partial charge in [0.05, 0.1) is 0 Å². The molecule has 1 amide bonds. The summed E-state index contributed by atoms with van der Waals surface area (Å²) in [4.78, 5) is 34.1. The molecule has 7 nitrogen and oxygen atoms in total. The van der Waals surface area contributed by atoms with Crippen molar-refractivity contribution in [2.75, 3.05) is 18.6 Å². The SMILES string of the molecule is CNC(CSCCCC/C=C(\NC(=O)[C@H]1CC1(C)C)C(=O)O)C(=O)O. The normalized spacial score (nSPS) is 20.0. The van der Waals surface area contributed by atoms with Gasteiger partial charge in [-0.3, -0.25) is 9.59 Å². The first-order valence-corrected chi connectivity index (χ1v) is 9.56. The van der Waals surface area contributed by atoms with E-state index >= 15 is 0 Å². The Balaban J connectivity index is 2.26. The van der Waals surface area contributed by atoms with Gasteiger partial charge in [-0.15, -0.1) is 0 Å². The topological polar surface area (TPSA) is 116 Å². The lowest BCUT2D eigenvalue weighted by atomic mass is 10.1. The van der Waals surface area contributed by atoms with Crippen LogP contribution in [0.25, 0.3) is 0 Å². The molecule has 0 aromatic carbocycles. The van der Waals surface area contributed by atoms with Crippen molar-refractivity contribution in [1.82, 2.24) is 10.6 Å². The Labute approximate surface area is 152 Å². The Morgan fingerprint density at radius 3 is 2.40 bits per heavy atom. The predicted molar refractivity (Wildman–Crippen MR) is 97.4 cm³/mol. The molecule has 0 spiro atoms. The molecule has 0 radical (unpaired) electrons. The molecule has 142 valence electrons. The van der Waals surface area contributed by atoms with Gasteiger partial charge in [-0.2, -0.15) is 11.8 Å². The fourth-order valence-electron chi connectivity index (χ4n) is 2.40. The summed E-state index contributed by atoms with van der Waals surface area (Å²) in [6.45, 7) is 3.98. The van der Waals surface area contributed by atoms with E-state index in [4.69, 9.17) is 5.11 Å². The molecule has 0 aromatic rings. The van der Waals surface area contributed by atoms with Gasteiger partial charge in [-0.05, 0) is 43.9 Å². The van der Waals surface area contributed by atoms with Crippen molar-refractivity contribution in [2.24, 2.45) is 11.3 Å². The monoisotopic (exact) mass is 372 g/mol. The summed E-state index contributed by atoms with van der Waals surface area (Å²) < 4.78 is 0. The number of carbonyl (C=O) groups excluding carboxylic acids is 1. The zero-order valence-corrected chi connectivity index (χ0v) is 15.8. The molecule has 4 N–H and O–H groups in total. The molecule has 0 heterocycles. The van der Waals surface area contributed by atoms with Crippen molar-refractivity contribution in [3.63, 3.8) is 0 Å². The van der Waals surface area contributed by atoms with Crippen molar-refractivity contribution in [2.45, 2.75) is 45.6 Å². The van der Waals surface area contributed by atoms with Crippen molar-refractivity contribution >= 4 is 29.6 Å². The molecule has 1 aliphatic rings. The maximum atomic E-state index is 12.0. The summed E-state index contributed by atoms with van der Waals surface area (Å²) in [7, 11) is 1.62. The van der Waals surface area contributed by atoms with Gasteiger partial charge in [-0.25, -0.2) is 4.79 Å². The lowest BCUT2D eigenvalue weighted by Crippen LogP contribution is -2.36. The number of rotatable bonds is 12. The number of thioether (sulfide) groups is 1. The first-order valence-electron chi connectivity index (χ1n) is 8.41. The van der Waals surface area contributed by atoms with Crippen LogP contribution in [-0.2, 0) is 14.4 Å². The smallest absolute Gasteiger partial charge is 0.352 e. The average molecular weight is 372 g/mol. The first-order chi connectivity index (χ1) is 11.7. The molecule has 1 fully saturated rings. The average Bonchev–Trinajstić information content (AvgIpc) is 3.16. The minimum atomic E-state index is -1.13. The lowest BCUT2D eigenvalue weighted by Gasteiger charge is -2.10. The third-order valence-electron chi connectivity index (χ3n) is 4.34. The van der Waals surface area contributed by atoms with E-state index in [2.05, 4.69) is 10.6 Å². The number of carbonyl (C=O) groups is 3. The molecular weight excluding hydrogens is 344 g/mol. The van der Waals surface area contributed by atoms with Crippen LogP contribution in [0.15, 0.2) is 11.8 Å². The molecule has 0 saturated heterocycles. The van der Waals surface area contributed by atoms with Crippen LogP contribution >= 0.6 is 11.8 Å². The van der Waals surface area contributed by atoms with E-state index in [1.165, 1.54) is 0 Å². The van der Waals surface area contributed by atoms with E-state index in [1.807, 2.05) is 13.8 Å². The maximum absolute atomic E-state index is 12.0. The van der Waals surface area contributed by atoms with Crippen molar-refractivity contribution in [3.8, 4) is 0 Å². The highest BCUT2D eigenvalue weighted by atomic mass is 32.2. The predicted octanol–water partition coefficient (Wildman–Crippen LogP) is 1.69. The van der Waals surface area contributed by atoms with E-state index in [9.17, 15) is 19.5 Å². The molecule has 2 atom stereocenters. The first kappa shape index (κ1) is 21.5. The number of hydrogen-bond donors (Lipinski definition) is 4. The largest absolute Gasteiger partial charge is 0.480 e. The van der Waals surface area contributed by atoms with Gasteiger partial charge < -0.3 is 20.8 Å². The third-order valence-corrected chi connectivity index (χ3v) is 5.49. The molecule has 0 aliphatic heterocycles. The molecule has 0 aromatic heterocycles. The van der Waals surface area contributed by atoms with Crippen LogP contribution < -0.4 is 10.6 Å². The molecule has 0 bridgehead atoms. The van der Waals surface area contributed by atoms with Gasteiger partial charge in [0.2, 0.25) is 5.91 Å². The second-order valence-corrected chi connectivity index (χ2v) is 8.06. The summed E-state index contributed by atoms with van der Waals surface area (Å²) in [5, 5.41) is 23.3. The highest BCUT2D eigenvalue weighted by Crippen LogP contribution is 2.51. The quantitative estimate of drug-likeness (QED) is 0.304.